The minimum atomic E-state index is 0.0288. The van der Waals surface area contributed by atoms with E-state index in [1.807, 2.05) is 54.3 Å². The predicted octanol–water partition coefficient (Wildman–Crippen LogP) is 4.79. The molecule has 0 aliphatic heterocycles. The quantitative estimate of drug-likeness (QED) is 0.549. The first-order valence-electron chi connectivity index (χ1n) is 9.83. The number of rotatable bonds is 9. The highest BCUT2D eigenvalue weighted by Gasteiger charge is 2.15. The lowest BCUT2D eigenvalue weighted by atomic mass is 10.1. The van der Waals surface area contributed by atoms with E-state index in [-0.39, 0.29) is 5.91 Å². The van der Waals surface area contributed by atoms with Gasteiger partial charge in [0.25, 0.3) is 5.91 Å². The van der Waals surface area contributed by atoms with Crippen LogP contribution >= 0.6 is 0 Å². The van der Waals surface area contributed by atoms with Crippen molar-refractivity contribution in [1.29, 1.82) is 0 Å². The van der Waals surface area contributed by atoms with Crippen molar-refractivity contribution in [2.45, 2.75) is 26.3 Å². The molecule has 0 saturated heterocycles. The summed E-state index contributed by atoms with van der Waals surface area (Å²) in [6.45, 7) is 4.10. The summed E-state index contributed by atoms with van der Waals surface area (Å²) in [5.74, 6) is 0.774. The minimum absolute atomic E-state index is 0.0288. The average molecular weight is 374 g/mol. The van der Waals surface area contributed by atoms with Crippen LogP contribution in [-0.2, 0) is 13.0 Å². The summed E-state index contributed by atoms with van der Waals surface area (Å²) < 4.78 is 0. The van der Waals surface area contributed by atoms with Gasteiger partial charge in [0.1, 0.15) is 5.82 Å². The molecule has 144 valence electrons. The molecule has 1 amide bonds. The number of carbonyl (C=O) groups excluding carboxylic acids is 1. The third-order valence-corrected chi connectivity index (χ3v) is 4.68. The Labute approximate surface area is 167 Å². The molecule has 1 heterocycles. The van der Waals surface area contributed by atoms with Crippen LogP contribution in [0, 0.1) is 0 Å². The number of pyridine rings is 1. The van der Waals surface area contributed by atoms with Gasteiger partial charge in [0, 0.05) is 31.4 Å². The molecule has 1 aromatic heterocycles. The van der Waals surface area contributed by atoms with Crippen molar-refractivity contribution in [3.05, 3.63) is 95.7 Å². The third-order valence-electron chi connectivity index (χ3n) is 4.68. The highest BCUT2D eigenvalue weighted by Crippen LogP contribution is 2.13. The largest absolute Gasteiger partial charge is 0.370 e. The molecule has 2 aromatic carbocycles. The summed E-state index contributed by atoms with van der Waals surface area (Å²) in [4.78, 5) is 19.1. The molecule has 0 bridgehead atoms. The van der Waals surface area contributed by atoms with Crippen LogP contribution in [0.2, 0.25) is 0 Å². The molecule has 0 aliphatic carbocycles. The Morgan fingerprint density at radius 2 is 1.64 bits per heavy atom. The normalized spacial score (nSPS) is 10.5. The van der Waals surface area contributed by atoms with Gasteiger partial charge >= 0.3 is 0 Å². The van der Waals surface area contributed by atoms with Gasteiger partial charge < -0.3 is 10.2 Å². The number of amides is 1. The van der Waals surface area contributed by atoms with Crippen LogP contribution in [-0.4, -0.2) is 28.9 Å². The molecule has 0 saturated carbocycles. The summed E-state index contributed by atoms with van der Waals surface area (Å²) in [6, 6.07) is 24.1. The Balaban J connectivity index is 1.56. The van der Waals surface area contributed by atoms with E-state index < -0.39 is 0 Å². The van der Waals surface area contributed by atoms with E-state index in [2.05, 4.69) is 34.6 Å². The van der Waals surface area contributed by atoms with Crippen molar-refractivity contribution >= 4 is 11.7 Å². The second-order valence-corrected chi connectivity index (χ2v) is 6.75. The van der Waals surface area contributed by atoms with Crippen LogP contribution in [0.3, 0.4) is 0 Å². The van der Waals surface area contributed by atoms with Gasteiger partial charge in [0.05, 0.1) is 0 Å². The van der Waals surface area contributed by atoms with Crippen LogP contribution in [0.25, 0.3) is 0 Å². The van der Waals surface area contributed by atoms with Crippen LogP contribution in [0.4, 0.5) is 5.82 Å². The third kappa shape index (κ3) is 5.68. The monoisotopic (exact) mass is 373 g/mol. The summed E-state index contributed by atoms with van der Waals surface area (Å²) in [5, 5.41) is 3.33. The fourth-order valence-electron chi connectivity index (χ4n) is 3.13. The van der Waals surface area contributed by atoms with Crippen molar-refractivity contribution in [3.63, 3.8) is 0 Å². The molecule has 0 radical (unpaired) electrons. The van der Waals surface area contributed by atoms with Gasteiger partial charge in [-0.3, -0.25) is 4.79 Å². The molecule has 3 aromatic rings. The molecular formula is C24H27N3O. The molecule has 0 aliphatic rings. The van der Waals surface area contributed by atoms with Gasteiger partial charge in [0.2, 0.25) is 0 Å². The van der Waals surface area contributed by atoms with E-state index in [1.54, 1.807) is 12.3 Å². The molecule has 0 unspecified atom stereocenters. The number of carbonyl (C=O) groups is 1. The number of benzene rings is 2. The first kappa shape index (κ1) is 19.6. The number of aromatic nitrogens is 1. The van der Waals surface area contributed by atoms with E-state index in [9.17, 15) is 4.79 Å². The van der Waals surface area contributed by atoms with Crippen LogP contribution in [0.5, 0.6) is 0 Å². The number of aryl methyl sites for hydroxylation is 1. The fourth-order valence-corrected chi connectivity index (χ4v) is 3.13. The maximum atomic E-state index is 12.9. The van der Waals surface area contributed by atoms with Crippen molar-refractivity contribution < 1.29 is 4.79 Å². The fraction of sp³-hybridized carbons (Fsp3) is 0.250. The molecule has 1 N–H and O–H groups in total. The minimum Gasteiger partial charge on any atom is -0.370 e. The zero-order valence-corrected chi connectivity index (χ0v) is 16.3. The summed E-state index contributed by atoms with van der Waals surface area (Å²) in [6.07, 6.45) is 3.73. The predicted molar refractivity (Wildman–Crippen MR) is 114 cm³/mol. The van der Waals surface area contributed by atoms with Crippen molar-refractivity contribution in [1.82, 2.24) is 9.88 Å². The molecule has 4 nitrogen and oxygen atoms in total. The molecule has 3 rings (SSSR count). The number of nitrogens with zero attached hydrogens (tertiary/aromatic N) is 2. The van der Waals surface area contributed by atoms with E-state index in [1.165, 1.54) is 5.56 Å². The maximum Gasteiger partial charge on any atom is 0.254 e. The Bertz CT molecular complexity index is 865. The van der Waals surface area contributed by atoms with E-state index >= 15 is 0 Å². The number of hydrogen-bond acceptors (Lipinski definition) is 3. The zero-order chi connectivity index (χ0) is 19.6. The average Bonchev–Trinajstić information content (AvgIpc) is 2.76. The first-order valence-corrected chi connectivity index (χ1v) is 9.83. The van der Waals surface area contributed by atoms with E-state index in [0.29, 0.717) is 18.7 Å². The molecule has 28 heavy (non-hydrogen) atoms. The van der Waals surface area contributed by atoms with Crippen LogP contribution in [0.15, 0.2) is 79.0 Å². The molecular weight excluding hydrogens is 346 g/mol. The summed E-state index contributed by atoms with van der Waals surface area (Å²) >= 11 is 0. The SMILES string of the molecule is CCN(Cc1ccccc1)C(=O)c1ccnc(NCCCc2ccccc2)c1. The highest BCUT2D eigenvalue weighted by atomic mass is 16.2. The number of hydrogen-bond donors (Lipinski definition) is 1. The first-order chi connectivity index (χ1) is 13.8. The number of nitrogens with one attached hydrogen (secondary N) is 1. The van der Waals surface area contributed by atoms with Crippen LogP contribution < -0.4 is 5.32 Å². The Hall–Kier alpha value is -3.14. The van der Waals surface area contributed by atoms with Gasteiger partial charge in [-0.15, -0.1) is 0 Å². The number of anilines is 1. The molecule has 0 spiro atoms. The zero-order valence-electron chi connectivity index (χ0n) is 16.3. The van der Waals surface area contributed by atoms with Crippen molar-refractivity contribution in [3.8, 4) is 0 Å². The van der Waals surface area contributed by atoms with Gasteiger partial charge in [-0.25, -0.2) is 4.98 Å². The lowest BCUT2D eigenvalue weighted by Crippen LogP contribution is -2.30. The lowest BCUT2D eigenvalue weighted by Gasteiger charge is -2.21. The molecule has 0 fully saturated rings. The Kier molecular flexibility index (Phi) is 7.19. The van der Waals surface area contributed by atoms with E-state index in [4.69, 9.17) is 0 Å². The summed E-state index contributed by atoms with van der Waals surface area (Å²) in [7, 11) is 0. The van der Waals surface area contributed by atoms with Gasteiger partial charge in [-0.1, -0.05) is 60.7 Å². The van der Waals surface area contributed by atoms with E-state index in [0.717, 1.165) is 30.8 Å². The van der Waals surface area contributed by atoms with Crippen molar-refractivity contribution in [2.24, 2.45) is 0 Å². The highest BCUT2D eigenvalue weighted by molar-refractivity contribution is 5.94. The Morgan fingerprint density at radius 1 is 0.964 bits per heavy atom. The van der Waals surface area contributed by atoms with Gasteiger partial charge in [-0.05, 0) is 43.0 Å². The maximum absolute atomic E-state index is 12.9. The lowest BCUT2D eigenvalue weighted by molar-refractivity contribution is 0.0752. The second-order valence-electron chi connectivity index (χ2n) is 6.75. The van der Waals surface area contributed by atoms with Crippen molar-refractivity contribution in [2.75, 3.05) is 18.4 Å². The molecule has 4 heteroatoms. The smallest absolute Gasteiger partial charge is 0.254 e. The van der Waals surface area contributed by atoms with Gasteiger partial charge in [0.15, 0.2) is 0 Å². The Morgan fingerprint density at radius 3 is 2.32 bits per heavy atom. The molecule has 0 atom stereocenters. The van der Waals surface area contributed by atoms with Gasteiger partial charge in [-0.2, -0.15) is 0 Å². The van der Waals surface area contributed by atoms with Crippen LogP contribution in [0.1, 0.15) is 34.8 Å². The second kappa shape index (κ2) is 10.3. The topological polar surface area (TPSA) is 45.2 Å². The standard InChI is InChI=1S/C24H27N3O/c1-2-27(19-21-12-7-4-8-13-21)24(28)22-15-17-26-23(18-22)25-16-9-14-20-10-5-3-6-11-20/h3-8,10-13,15,17-18H,2,9,14,16,19H2,1H3,(H,25,26). The summed E-state index contributed by atoms with van der Waals surface area (Å²) in [5.41, 5.74) is 3.13.